The van der Waals surface area contributed by atoms with E-state index in [9.17, 15) is 5.11 Å². The zero-order valence-corrected chi connectivity index (χ0v) is 13.8. The van der Waals surface area contributed by atoms with Crippen LogP contribution in [0, 0.1) is 5.92 Å². The third-order valence-electron chi connectivity index (χ3n) is 4.74. The Balaban J connectivity index is 2.11. The number of ether oxygens (including phenoxy) is 1. The molecule has 1 saturated carbocycles. The topological polar surface area (TPSA) is 32.7 Å². The van der Waals surface area contributed by atoms with Gasteiger partial charge in [-0.3, -0.25) is 4.90 Å². The molecule has 3 unspecified atom stereocenters. The van der Waals surface area contributed by atoms with Crippen molar-refractivity contribution in [3.05, 3.63) is 29.3 Å². The molecule has 0 spiro atoms. The van der Waals surface area contributed by atoms with Crippen molar-refractivity contribution in [3.63, 3.8) is 0 Å². The molecule has 0 bridgehead atoms. The van der Waals surface area contributed by atoms with Crippen molar-refractivity contribution >= 4 is 0 Å². The minimum atomic E-state index is -0.435. The molecule has 3 atom stereocenters. The minimum Gasteiger partial charge on any atom is -0.496 e. The molecule has 1 aromatic carbocycles. The van der Waals surface area contributed by atoms with E-state index in [1.807, 2.05) is 12.1 Å². The van der Waals surface area contributed by atoms with Crippen molar-refractivity contribution in [2.75, 3.05) is 14.2 Å². The highest BCUT2D eigenvalue weighted by atomic mass is 16.5. The molecule has 3 heteroatoms. The van der Waals surface area contributed by atoms with E-state index < -0.39 is 6.10 Å². The van der Waals surface area contributed by atoms with Gasteiger partial charge in [0.15, 0.2) is 0 Å². The Kier molecular flexibility index (Phi) is 5.65. The first kappa shape index (κ1) is 16.3. The van der Waals surface area contributed by atoms with Crippen molar-refractivity contribution in [2.45, 2.75) is 58.2 Å². The lowest BCUT2D eigenvalue weighted by atomic mass is 9.86. The third-order valence-corrected chi connectivity index (χ3v) is 4.74. The summed E-state index contributed by atoms with van der Waals surface area (Å²) in [5.41, 5.74) is 2.12. The number of hydrogen-bond donors (Lipinski definition) is 1. The molecule has 1 aliphatic carbocycles. The fraction of sp³-hybridized carbons (Fsp3) is 0.667. The van der Waals surface area contributed by atoms with Crippen LogP contribution in [0.4, 0.5) is 0 Å². The van der Waals surface area contributed by atoms with Crippen LogP contribution in [0.1, 0.15) is 56.8 Å². The van der Waals surface area contributed by atoms with Crippen LogP contribution < -0.4 is 4.74 Å². The molecule has 0 heterocycles. The molecule has 0 amide bonds. The normalized spacial score (nSPS) is 24.1. The zero-order chi connectivity index (χ0) is 15.4. The van der Waals surface area contributed by atoms with Crippen LogP contribution in [0.25, 0.3) is 0 Å². The third kappa shape index (κ3) is 4.21. The summed E-state index contributed by atoms with van der Waals surface area (Å²) in [6, 6.07) is 6.64. The van der Waals surface area contributed by atoms with Crippen LogP contribution >= 0.6 is 0 Å². The molecule has 3 nitrogen and oxygen atoms in total. The van der Waals surface area contributed by atoms with Gasteiger partial charge < -0.3 is 9.84 Å². The Bertz CT molecular complexity index is 459. The van der Waals surface area contributed by atoms with E-state index >= 15 is 0 Å². The molecule has 2 rings (SSSR count). The largest absolute Gasteiger partial charge is 0.496 e. The highest BCUT2D eigenvalue weighted by molar-refractivity contribution is 5.38. The van der Waals surface area contributed by atoms with Gasteiger partial charge in [0, 0.05) is 18.2 Å². The lowest BCUT2D eigenvalue weighted by Gasteiger charge is -2.34. The lowest BCUT2D eigenvalue weighted by molar-refractivity contribution is 0.156. The average molecular weight is 291 g/mol. The van der Waals surface area contributed by atoms with Gasteiger partial charge in [0.1, 0.15) is 5.75 Å². The highest BCUT2D eigenvalue weighted by Gasteiger charge is 2.23. The Morgan fingerprint density at radius 1 is 1.38 bits per heavy atom. The molecule has 0 aliphatic heterocycles. The molecule has 1 aliphatic rings. The van der Waals surface area contributed by atoms with Crippen LogP contribution in [-0.4, -0.2) is 30.2 Å². The van der Waals surface area contributed by atoms with E-state index in [2.05, 4.69) is 24.9 Å². The number of aliphatic hydroxyl groups excluding tert-OH is 1. The maximum atomic E-state index is 9.77. The smallest absolute Gasteiger partial charge is 0.123 e. The molecule has 21 heavy (non-hydrogen) atoms. The Labute approximate surface area is 128 Å². The van der Waals surface area contributed by atoms with Crippen molar-refractivity contribution in [1.82, 2.24) is 4.90 Å². The fourth-order valence-corrected chi connectivity index (χ4v) is 3.38. The molecule has 1 N–H and O–H groups in total. The van der Waals surface area contributed by atoms with E-state index in [-0.39, 0.29) is 0 Å². The van der Waals surface area contributed by atoms with Crippen LogP contribution in [0.15, 0.2) is 18.2 Å². The van der Waals surface area contributed by atoms with Crippen LogP contribution in [0.2, 0.25) is 0 Å². The summed E-state index contributed by atoms with van der Waals surface area (Å²) in [5, 5.41) is 9.77. The molecule has 1 fully saturated rings. The second-order valence-electron chi connectivity index (χ2n) is 6.59. The molecular formula is C18H29NO2. The van der Waals surface area contributed by atoms with Crippen molar-refractivity contribution in [2.24, 2.45) is 5.92 Å². The summed E-state index contributed by atoms with van der Waals surface area (Å²) in [4.78, 5) is 2.44. The van der Waals surface area contributed by atoms with Crippen molar-refractivity contribution < 1.29 is 9.84 Å². The molecule has 0 saturated heterocycles. The van der Waals surface area contributed by atoms with Gasteiger partial charge in [-0.05, 0) is 50.4 Å². The summed E-state index contributed by atoms with van der Waals surface area (Å²) >= 11 is 0. The van der Waals surface area contributed by atoms with E-state index in [1.165, 1.54) is 25.7 Å². The second kappa shape index (κ2) is 7.28. The molecule has 0 radical (unpaired) electrons. The number of benzene rings is 1. The fourth-order valence-electron chi connectivity index (χ4n) is 3.38. The van der Waals surface area contributed by atoms with E-state index in [4.69, 9.17) is 4.74 Å². The van der Waals surface area contributed by atoms with Crippen molar-refractivity contribution in [3.8, 4) is 5.75 Å². The summed E-state index contributed by atoms with van der Waals surface area (Å²) in [5.74, 6) is 1.74. The predicted octanol–water partition coefficient (Wildman–Crippen LogP) is 3.76. The Morgan fingerprint density at radius 3 is 2.76 bits per heavy atom. The number of hydrogen-bond acceptors (Lipinski definition) is 3. The van der Waals surface area contributed by atoms with Gasteiger partial charge in [0.05, 0.1) is 13.2 Å². The first-order valence-electron chi connectivity index (χ1n) is 8.06. The summed E-state index contributed by atoms with van der Waals surface area (Å²) < 4.78 is 5.48. The van der Waals surface area contributed by atoms with Crippen LogP contribution in [0.5, 0.6) is 5.75 Å². The highest BCUT2D eigenvalue weighted by Crippen LogP contribution is 2.30. The first-order valence-corrected chi connectivity index (χ1v) is 8.06. The predicted molar refractivity (Wildman–Crippen MR) is 86.5 cm³/mol. The molecule has 118 valence electrons. The maximum absolute atomic E-state index is 9.77. The van der Waals surface area contributed by atoms with Gasteiger partial charge in [0.25, 0.3) is 0 Å². The lowest BCUT2D eigenvalue weighted by Crippen LogP contribution is -2.35. The Morgan fingerprint density at radius 2 is 2.14 bits per heavy atom. The minimum absolute atomic E-state index is 0.435. The number of rotatable bonds is 5. The van der Waals surface area contributed by atoms with Crippen LogP contribution in [0.3, 0.4) is 0 Å². The maximum Gasteiger partial charge on any atom is 0.123 e. The monoisotopic (exact) mass is 291 g/mol. The number of aliphatic hydroxyl groups is 1. The van der Waals surface area contributed by atoms with Gasteiger partial charge >= 0.3 is 0 Å². The molecule has 1 aromatic rings. The van der Waals surface area contributed by atoms with Crippen molar-refractivity contribution in [1.29, 1.82) is 0 Å². The van der Waals surface area contributed by atoms with Gasteiger partial charge in [0.2, 0.25) is 0 Å². The SMILES string of the molecule is COc1ccc(C(C)O)cc1CN(C)C1CCCC(C)C1. The van der Waals surface area contributed by atoms with Gasteiger partial charge in [-0.1, -0.05) is 25.8 Å². The quantitative estimate of drug-likeness (QED) is 0.896. The molecular weight excluding hydrogens is 262 g/mol. The standard InChI is InChI=1S/C18H29NO2/c1-13-6-5-7-17(10-13)19(3)12-16-11-15(14(2)20)8-9-18(16)21-4/h8-9,11,13-14,17,20H,5-7,10,12H2,1-4H3. The average Bonchev–Trinajstić information content (AvgIpc) is 2.47. The summed E-state index contributed by atoms with van der Waals surface area (Å²) in [6.45, 7) is 5.04. The second-order valence-corrected chi connectivity index (χ2v) is 6.59. The first-order chi connectivity index (χ1) is 10.0. The van der Waals surface area contributed by atoms with Gasteiger partial charge in [-0.15, -0.1) is 0 Å². The van der Waals surface area contributed by atoms with Gasteiger partial charge in [-0.2, -0.15) is 0 Å². The van der Waals surface area contributed by atoms with E-state index in [0.29, 0.717) is 6.04 Å². The number of methoxy groups -OCH3 is 1. The zero-order valence-electron chi connectivity index (χ0n) is 13.8. The Hall–Kier alpha value is -1.06. The van der Waals surface area contributed by atoms with E-state index in [1.54, 1.807) is 14.0 Å². The van der Waals surface area contributed by atoms with E-state index in [0.717, 1.165) is 29.3 Å². The van der Waals surface area contributed by atoms with Crippen LogP contribution in [-0.2, 0) is 6.54 Å². The summed E-state index contributed by atoms with van der Waals surface area (Å²) in [6.07, 6.45) is 4.84. The summed E-state index contributed by atoms with van der Waals surface area (Å²) in [7, 11) is 3.92. The molecule has 0 aromatic heterocycles. The van der Waals surface area contributed by atoms with Gasteiger partial charge in [-0.25, -0.2) is 0 Å². The number of nitrogens with zero attached hydrogens (tertiary/aromatic N) is 1.